The summed E-state index contributed by atoms with van der Waals surface area (Å²) in [6.45, 7) is 3.22. The smallest absolute Gasteiger partial charge is 0.256 e. The van der Waals surface area contributed by atoms with E-state index in [1.165, 1.54) is 37.1 Å². The fourth-order valence-corrected chi connectivity index (χ4v) is 4.17. The summed E-state index contributed by atoms with van der Waals surface area (Å²) in [6, 6.07) is 3.72. The molecule has 0 radical (unpaired) electrons. The lowest BCUT2D eigenvalue weighted by atomic mass is 9.91. The van der Waals surface area contributed by atoms with Crippen molar-refractivity contribution in [3.63, 3.8) is 0 Å². The molecule has 2 atom stereocenters. The fraction of sp³-hybridized carbons (Fsp3) is 0.684. The SMILES string of the molecule is CNC[C@@H]1C[C@@H]1CC1CCN(c2ccc(C(=O)N(C)C)c(Cl)n2)CC1. The van der Waals surface area contributed by atoms with Gasteiger partial charge in [0.15, 0.2) is 0 Å². The van der Waals surface area contributed by atoms with Gasteiger partial charge in [-0.1, -0.05) is 11.6 Å². The molecule has 1 saturated carbocycles. The lowest BCUT2D eigenvalue weighted by Gasteiger charge is -2.33. The molecule has 1 aliphatic carbocycles. The van der Waals surface area contributed by atoms with Gasteiger partial charge in [-0.15, -0.1) is 0 Å². The molecular weight excluding hydrogens is 336 g/mol. The standard InChI is InChI=1S/C19H29ClN4O/c1-21-12-15-11-14(15)10-13-6-8-24(9-7-13)17-5-4-16(18(20)22-17)19(25)23(2)3/h4-5,13-15,21H,6-12H2,1-3H3/t14-,15-/m0/s1. The van der Waals surface area contributed by atoms with E-state index in [-0.39, 0.29) is 5.91 Å². The Kier molecular flexibility index (Phi) is 5.85. The van der Waals surface area contributed by atoms with Crippen LogP contribution in [0.25, 0.3) is 0 Å². The van der Waals surface area contributed by atoms with Gasteiger partial charge in [-0.3, -0.25) is 4.79 Å². The van der Waals surface area contributed by atoms with Gasteiger partial charge in [0.25, 0.3) is 5.91 Å². The Bertz CT molecular complexity index is 613. The first-order valence-corrected chi connectivity index (χ1v) is 9.65. The highest BCUT2D eigenvalue weighted by Crippen LogP contribution is 2.44. The average Bonchev–Trinajstić information content (AvgIpc) is 3.32. The Morgan fingerprint density at radius 2 is 2.04 bits per heavy atom. The molecule has 138 valence electrons. The summed E-state index contributed by atoms with van der Waals surface area (Å²) in [5.41, 5.74) is 0.467. The molecule has 1 amide bonds. The number of carbonyl (C=O) groups is 1. The second-order valence-electron chi connectivity index (χ2n) is 7.69. The monoisotopic (exact) mass is 364 g/mol. The molecule has 1 aromatic rings. The normalized spacial score (nSPS) is 23.6. The van der Waals surface area contributed by atoms with E-state index in [2.05, 4.69) is 15.2 Å². The van der Waals surface area contributed by atoms with Crippen LogP contribution in [0.4, 0.5) is 5.82 Å². The summed E-state index contributed by atoms with van der Waals surface area (Å²) >= 11 is 6.25. The maximum absolute atomic E-state index is 12.1. The molecule has 5 nitrogen and oxygen atoms in total. The van der Waals surface area contributed by atoms with Gasteiger partial charge in [0.2, 0.25) is 0 Å². The van der Waals surface area contributed by atoms with Crippen LogP contribution in [-0.2, 0) is 0 Å². The van der Waals surface area contributed by atoms with E-state index >= 15 is 0 Å². The van der Waals surface area contributed by atoms with Crippen molar-refractivity contribution in [3.8, 4) is 0 Å². The number of anilines is 1. The Balaban J connectivity index is 1.53. The molecule has 25 heavy (non-hydrogen) atoms. The number of hydrogen-bond donors (Lipinski definition) is 1. The van der Waals surface area contributed by atoms with Crippen LogP contribution >= 0.6 is 11.6 Å². The number of rotatable bonds is 6. The Morgan fingerprint density at radius 3 is 2.64 bits per heavy atom. The second-order valence-corrected chi connectivity index (χ2v) is 8.05. The first-order valence-electron chi connectivity index (χ1n) is 9.27. The first kappa shape index (κ1) is 18.5. The van der Waals surface area contributed by atoms with Crippen molar-refractivity contribution in [2.45, 2.75) is 25.7 Å². The lowest BCUT2D eigenvalue weighted by Crippen LogP contribution is -2.34. The zero-order chi connectivity index (χ0) is 18.0. The molecule has 1 aliphatic heterocycles. The molecule has 1 N–H and O–H groups in total. The number of nitrogens with one attached hydrogen (secondary N) is 1. The van der Waals surface area contributed by atoms with Crippen molar-refractivity contribution in [1.29, 1.82) is 0 Å². The zero-order valence-electron chi connectivity index (χ0n) is 15.5. The molecule has 6 heteroatoms. The summed E-state index contributed by atoms with van der Waals surface area (Å²) in [5, 5.41) is 3.59. The number of piperidine rings is 1. The number of amides is 1. The van der Waals surface area contributed by atoms with E-state index in [0.29, 0.717) is 10.7 Å². The van der Waals surface area contributed by atoms with Crippen LogP contribution in [-0.4, -0.2) is 56.6 Å². The van der Waals surface area contributed by atoms with Crippen LogP contribution < -0.4 is 10.2 Å². The summed E-state index contributed by atoms with van der Waals surface area (Å²) < 4.78 is 0. The number of pyridine rings is 1. The van der Waals surface area contributed by atoms with E-state index in [1.807, 2.05) is 13.1 Å². The molecule has 0 bridgehead atoms. The van der Waals surface area contributed by atoms with Gasteiger partial charge in [0.05, 0.1) is 5.56 Å². The minimum atomic E-state index is -0.108. The molecule has 2 fully saturated rings. The second kappa shape index (κ2) is 7.92. The van der Waals surface area contributed by atoms with Crippen LogP contribution in [0.2, 0.25) is 5.15 Å². The molecule has 2 heterocycles. The molecule has 1 aromatic heterocycles. The minimum Gasteiger partial charge on any atom is -0.357 e. The van der Waals surface area contributed by atoms with Crippen LogP contribution in [0.1, 0.15) is 36.0 Å². The molecular formula is C19H29ClN4O. The van der Waals surface area contributed by atoms with Crippen LogP contribution in [0, 0.1) is 17.8 Å². The number of hydrogen-bond acceptors (Lipinski definition) is 4. The van der Waals surface area contributed by atoms with Gasteiger partial charge < -0.3 is 15.1 Å². The van der Waals surface area contributed by atoms with Crippen LogP contribution in [0.5, 0.6) is 0 Å². The summed E-state index contributed by atoms with van der Waals surface area (Å²) in [7, 11) is 5.49. The minimum absolute atomic E-state index is 0.108. The largest absolute Gasteiger partial charge is 0.357 e. The number of halogens is 1. The zero-order valence-corrected chi connectivity index (χ0v) is 16.2. The van der Waals surface area contributed by atoms with Crippen molar-refractivity contribution in [2.24, 2.45) is 17.8 Å². The maximum atomic E-state index is 12.1. The summed E-state index contributed by atoms with van der Waals surface area (Å²) in [4.78, 5) is 20.3. The van der Waals surface area contributed by atoms with Crippen LogP contribution in [0.3, 0.4) is 0 Å². The van der Waals surface area contributed by atoms with Crippen molar-refractivity contribution >= 4 is 23.3 Å². The molecule has 0 spiro atoms. The van der Waals surface area contributed by atoms with Gasteiger partial charge in [-0.25, -0.2) is 4.98 Å². The average molecular weight is 365 g/mol. The first-order chi connectivity index (χ1) is 12.0. The molecule has 3 rings (SSSR count). The maximum Gasteiger partial charge on any atom is 0.256 e. The molecule has 0 unspecified atom stereocenters. The van der Waals surface area contributed by atoms with E-state index < -0.39 is 0 Å². The topological polar surface area (TPSA) is 48.5 Å². The van der Waals surface area contributed by atoms with Gasteiger partial charge in [-0.05, 0) is 69.2 Å². The fourth-order valence-electron chi connectivity index (χ4n) is 3.94. The van der Waals surface area contributed by atoms with E-state index in [9.17, 15) is 4.79 Å². The van der Waals surface area contributed by atoms with E-state index in [4.69, 9.17) is 11.6 Å². The van der Waals surface area contributed by atoms with Crippen molar-refractivity contribution in [3.05, 3.63) is 22.8 Å². The molecule has 0 aromatic carbocycles. The third kappa shape index (κ3) is 4.45. The predicted molar refractivity (Wildman–Crippen MR) is 102 cm³/mol. The highest BCUT2D eigenvalue weighted by molar-refractivity contribution is 6.32. The third-order valence-electron chi connectivity index (χ3n) is 5.58. The van der Waals surface area contributed by atoms with Gasteiger partial charge in [-0.2, -0.15) is 0 Å². The Hall–Kier alpha value is -1.33. The summed E-state index contributed by atoms with van der Waals surface area (Å²) in [6.07, 6.45) is 5.23. The van der Waals surface area contributed by atoms with Crippen molar-refractivity contribution in [2.75, 3.05) is 45.7 Å². The van der Waals surface area contributed by atoms with Crippen LogP contribution in [0.15, 0.2) is 12.1 Å². The summed E-state index contributed by atoms with van der Waals surface area (Å²) in [5.74, 6) is 3.47. The Labute approximate surface area is 155 Å². The molecule has 2 aliphatic rings. The number of carbonyl (C=O) groups excluding carboxylic acids is 1. The highest BCUT2D eigenvalue weighted by atomic mass is 35.5. The van der Waals surface area contributed by atoms with Gasteiger partial charge >= 0.3 is 0 Å². The van der Waals surface area contributed by atoms with E-state index in [0.717, 1.165) is 36.7 Å². The highest BCUT2D eigenvalue weighted by Gasteiger charge is 2.38. The van der Waals surface area contributed by atoms with Gasteiger partial charge in [0, 0.05) is 27.2 Å². The molecule has 1 saturated heterocycles. The third-order valence-corrected chi connectivity index (χ3v) is 5.87. The quantitative estimate of drug-likeness (QED) is 0.788. The number of nitrogens with zero attached hydrogens (tertiary/aromatic N) is 3. The van der Waals surface area contributed by atoms with Crippen molar-refractivity contribution in [1.82, 2.24) is 15.2 Å². The number of aromatic nitrogens is 1. The van der Waals surface area contributed by atoms with Gasteiger partial charge in [0.1, 0.15) is 11.0 Å². The van der Waals surface area contributed by atoms with Crippen molar-refractivity contribution < 1.29 is 4.79 Å². The lowest BCUT2D eigenvalue weighted by molar-refractivity contribution is 0.0827. The Morgan fingerprint density at radius 1 is 1.32 bits per heavy atom. The van der Waals surface area contributed by atoms with E-state index in [1.54, 1.807) is 20.2 Å². The predicted octanol–water partition coefficient (Wildman–Crippen LogP) is 2.90.